The maximum absolute atomic E-state index is 2.48. The van der Waals surface area contributed by atoms with Gasteiger partial charge in [0.05, 0.1) is 11.4 Å². The second-order valence-electron chi connectivity index (χ2n) is 13.4. The molecule has 0 aromatic heterocycles. The number of nitrogens with zero attached hydrogens (tertiary/aromatic N) is 1. The zero-order chi connectivity index (χ0) is 32.2. The van der Waals surface area contributed by atoms with Crippen molar-refractivity contribution in [1.82, 2.24) is 0 Å². The second kappa shape index (κ2) is 11.1. The molecule has 8 aromatic carbocycles. The molecule has 0 unspecified atom stereocenters. The largest absolute Gasteiger partial charge is 0.309 e. The van der Waals surface area contributed by atoms with Crippen molar-refractivity contribution in [2.75, 3.05) is 4.90 Å². The standard InChI is InChI=1S/C47H35N/c1-47(2)42-23-8-7-21-41(42)46-43(47)24-12-26-45(46)48(44-25-11-16-34-14-4-6-20-40(34)44)37-18-9-17-36(31-37)32-27-29-35(30-28-32)39-22-10-15-33-13-3-5-19-38(33)39/h3-31H,1-2H3. The van der Waals surface area contributed by atoms with Crippen LogP contribution >= 0.6 is 0 Å². The lowest BCUT2D eigenvalue weighted by molar-refractivity contribution is 0.660. The molecular formula is C47H35N. The van der Waals surface area contributed by atoms with Crippen LogP contribution in [0.1, 0.15) is 25.0 Å². The molecule has 0 saturated carbocycles. The highest BCUT2D eigenvalue weighted by Gasteiger charge is 2.37. The van der Waals surface area contributed by atoms with Gasteiger partial charge < -0.3 is 4.90 Å². The van der Waals surface area contributed by atoms with Crippen LogP contribution in [-0.4, -0.2) is 0 Å². The summed E-state index contributed by atoms with van der Waals surface area (Å²) in [6.45, 7) is 4.71. The third kappa shape index (κ3) is 4.47. The average molecular weight is 614 g/mol. The summed E-state index contributed by atoms with van der Waals surface area (Å²) in [5.41, 5.74) is 13.7. The third-order valence-corrected chi connectivity index (χ3v) is 10.3. The summed E-state index contributed by atoms with van der Waals surface area (Å²) in [4.78, 5) is 2.48. The van der Waals surface area contributed by atoms with E-state index in [4.69, 9.17) is 0 Å². The molecule has 0 atom stereocenters. The van der Waals surface area contributed by atoms with E-state index < -0.39 is 0 Å². The van der Waals surface area contributed by atoms with Crippen LogP contribution in [0.25, 0.3) is 54.9 Å². The second-order valence-corrected chi connectivity index (χ2v) is 13.4. The predicted molar refractivity (Wildman–Crippen MR) is 205 cm³/mol. The predicted octanol–water partition coefficient (Wildman–Crippen LogP) is 13.1. The van der Waals surface area contributed by atoms with Crippen LogP contribution in [0.4, 0.5) is 17.1 Å². The van der Waals surface area contributed by atoms with Gasteiger partial charge in [0, 0.05) is 22.1 Å². The number of fused-ring (bicyclic) bond motifs is 5. The first kappa shape index (κ1) is 28.3. The van der Waals surface area contributed by atoms with E-state index in [1.165, 1.54) is 77.4 Å². The van der Waals surface area contributed by atoms with Gasteiger partial charge in [0.25, 0.3) is 0 Å². The van der Waals surface area contributed by atoms with Crippen LogP contribution in [0, 0.1) is 0 Å². The SMILES string of the molecule is CC1(C)c2ccccc2-c2c(N(c3cccc(-c4ccc(-c5cccc6ccccc56)cc4)c3)c3cccc4ccccc34)cccc21. The molecule has 0 bridgehead atoms. The summed E-state index contributed by atoms with van der Waals surface area (Å²) in [5.74, 6) is 0. The molecule has 8 aromatic rings. The van der Waals surface area contributed by atoms with Crippen LogP contribution in [0.15, 0.2) is 176 Å². The summed E-state index contributed by atoms with van der Waals surface area (Å²) in [5, 5.41) is 5.00. The highest BCUT2D eigenvalue weighted by atomic mass is 15.1. The van der Waals surface area contributed by atoms with E-state index in [0.29, 0.717) is 0 Å². The van der Waals surface area contributed by atoms with E-state index >= 15 is 0 Å². The normalized spacial score (nSPS) is 13.0. The minimum absolute atomic E-state index is 0.0833. The van der Waals surface area contributed by atoms with Gasteiger partial charge in [0.15, 0.2) is 0 Å². The molecule has 1 aliphatic carbocycles. The van der Waals surface area contributed by atoms with Gasteiger partial charge in [-0.1, -0.05) is 166 Å². The van der Waals surface area contributed by atoms with Crippen molar-refractivity contribution < 1.29 is 0 Å². The zero-order valence-corrected chi connectivity index (χ0v) is 27.2. The molecule has 0 spiro atoms. The molecule has 48 heavy (non-hydrogen) atoms. The molecule has 0 fully saturated rings. The lowest BCUT2D eigenvalue weighted by atomic mass is 9.82. The molecular weight excluding hydrogens is 579 g/mol. The fourth-order valence-electron chi connectivity index (χ4n) is 7.88. The van der Waals surface area contributed by atoms with Crippen molar-refractivity contribution >= 4 is 38.6 Å². The molecule has 0 radical (unpaired) electrons. The quantitative estimate of drug-likeness (QED) is 0.187. The number of anilines is 3. The number of benzene rings is 8. The minimum atomic E-state index is -0.0833. The van der Waals surface area contributed by atoms with Gasteiger partial charge >= 0.3 is 0 Å². The summed E-state index contributed by atoms with van der Waals surface area (Å²) in [6.07, 6.45) is 0. The van der Waals surface area contributed by atoms with Crippen LogP contribution in [-0.2, 0) is 5.41 Å². The van der Waals surface area contributed by atoms with E-state index in [2.05, 4.69) is 195 Å². The Balaban J connectivity index is 1.21. The Kier molecular flexibility index (Phi) is 6.55. The van der Waals surface area contributed by atoms with E-state index in [-0.39, 0.29) is 5.41 Å². The van der Waals surface area contributed by atoms with Crippen molar-refractivity contribution in [2.45, 2.75) is 19.3 Å². The van der Waals surface area contributed by atoms with Crippen molar-refractivity contribution in [3.05, 3.63) is 187 Å². The van der Waals surface area contributed by atoms with E-state index in [0.717, 1.165) is 5.69 Å². The average Bonchev–Trinajstić information content (AvgIpc) is 3.38. The number of hydrogen-bond donors (Lipinski definition) is 0. The van der Waals surface area contributed by atoms with Gasteiger partial charge in [-0.15, -0.1) is 0 Å². The van der Waals surface area contributed by atoms with E-state index in [9.17, 15) is 0 Å². The molecule has 1 aliphatic rings. The van der Waals surface area contributed by atoms with Crippen molar-refractivity contribution in [1.29, 1.82) is 0 Å². The van der Waals surface area contributed by atoms with Gasteiger partial charge in [0.1, 0.15) is 0 Å². The van der Waals surface area contributed by atoms with Crippen molar-refractivity contribution in [2.24, 2.45) is 0 Å². The molecule has 1 heteroatoms. The summed E-state index contributed by atoms with van der Waals surface area (Å²) in [7, 11) is 0. The van der Waals surface area contributed by atoms with Crippen LogP contribution in [0.3, 0.4) is 0 Å². The fourth-order valence-corrected chi connectivity index (χ4v) is 7.88. The number of hydrogen-bond acceptors (Lipinski definition) is 1. The molecule has 1 nitrogen and oxygen atoms in total. The Hall–Kier alpha value is -5.92. The highest BCUT2D eigenvalue weighted by Crippen LogP contribution is 2.54. The Morgan fingerprint density at radius 2 is 0.958 bits per heavy atom. The van der Waals surface area contributed by atoms with Crippen LogP contribution in [0.2, 0.25) is 0 Å². The molecule has 228 valence electrons. The van der Waals surface area contributed by atoms with Gasteiger partial charge in [0.2, 0.25) is 0 Å². The maximum Gasteiger partial charge on any atom is 0.0543 e. The van der Waals surface area contributed by atoms with Gasteiger partial charge in [-0.2, -0.15) is 0 Å². The first-order valence-electron chi connectivity index (χ1n) is 16.8. The van der Waals surface area contributed by atoms with Crippen molar-refractivity contribution in [3.63, 3.8) is 0 Å². The smallest absolute Gasteiger partial charge is 0.0543 e. The molecule has 9 rings (SSSR count). The first-order chi connectivity index (χ1) is 23.6. The molecule has 0 aliphatic heterocycles. The Bertz CT molecular complexity index is 2470. The van der Waals surface area contributed by atoms with Gasteiger partial charge in [-0.05, 0) is 79.4 Å². The molecule has 0 N–H and O–H groups in total. The minimum Gasteiger partial charge on any atom is -0.309 e. The van der Waals surface area contributed by atoms with E-state index in [1.807, 2.05) is 0 Å². The monoisotopic (exact) mass is 613 g/mol. The fraction of sp³-hybridized carbons (Fsp3) is 0.0638. The third-order valence-electron chi connectivity index (χ3n) is 10.3. The number of rotatable bonds is 5. The zero-order valence-electron chi connectivity index (χ0n) is 27.2. The van der Waals surface area contributed by atoms with Gasteiger partial charge in [-0.3, -0.25) is 0 Å². The molecule has 0 heterocycles. The maximum atomic E-state index is 2.48. The summed E-state index contributed by atoms with van der Waals surface area (Å²) >= 11 is 0. The first-order valence-corrected chi connectivity index (χ1v) is 16.8. The summed E-state index contributed by atoms with van der Waals surface area (Å²) < 4.78 is 0. The van der Waals surface area contributed by atoms with Crippen LogP contribution < -0.4 is 4.90 Å². The highest BCUT2D eigenvalue weighted by molar-refractivity contribution is 6.03. The van der Waals surface area contributed by atoms with Crippen LogP contribution in [0.5, 0.6) is 0 Å². The lowest BCUT2D eigenvalue weighted by Crippen LogP contribution is -2.16. The van der Waals surface area contributed by atoms with Gasteiger partial charge in [-0.25, -0.2) is 0 Å². The molecule has 0 amide bonds. The Morgan fingerprint density at radius 1 is 0.396 bits per heavy atom. The Labute approximate surface area is 282 Å². The lowest BCUT2D eigenvalue weighted by Gasteiger charge is -2.30. The molecule has 0 saturated heterocycles. The summed E-state index contributed by atoms with van der Waals surface area (Å²) in [6, 6.07) is 64.4. The van der Waals surface area contributed by atoms with E-state index in [1.54, 1.807) is 0 Å². The Morgan fingerprint density at radius 3 is 1.79 bits per heavy atom. The topological polar surface area (TPSA) is 3.24 Å². The van der Waals surface area contributed by atoms with Crippen molar-refractivity contribution in [3.8, 4) is 33.4 Å².